The summed E-state index contributed by atoms with van der Waals surface area (Å²) in [6.07, 6.45) is 9.60. The molecule has 0 bridgehead atoms. The number of rotatable bonds is 5. The van der Waals surface area contributed by atoms with Gasteiger partial charge in [0.2, 0.25) is 0 Å². The van der Waals surface area contributed by atoms with E-state index in [4.69, 9.17) is 4.74 Å². The Labute approximate surface area is 109 Å². The molecular weight excluding hydrogens is 222 g/mol. The fourth-order valence-corrected chi connectivity index (χ4v) is 2.76. The predicted molar refractivity (Wildman–Crippen MR) is 74.1 cm³/mol. The van der Waals surface area contributed by atoms with E-state index in [1.807, 2.05) is 6.07 Å². The summed E-state index contributed by atoms with van der Waals surface area (Å²) in [5.74, 6) is 0.963. The molecule has 0 atom stereocenters. The first kappa shape index (κ1) is 11.8. The Kier molecular flexibility index (Phi) is 3.13. The van der Waals surface area contributed by atoms with E-state index in [-0.39, 0.29) is 5.41 Å². The molecule has 0 radical (unpaired) electrons. The second kappa shape index (κ2) is 4.77. The molecule has 1 fully saturated rings. The first-order chi connectivity index (χ1) is 8.82. The van der Waals surface area contributed by atoms with E-state index >= 15 is 0 Å². The smallest absolute Gasteiger partial charge is 0.119 e. The van der Waals surface area contributed by atoms with E-state index in [0.717, 1.165) is 31.2 Å². The molecule has 1 N–H and O–H groups in total. The van der Waals surface area contributed by atoms with Gasteiger partial charge in [0.15, 0.2) is 0 Å². The number of nitrogens with one attached hydrogen (secondary N) is 1. The number of ether oxygens (including phenoxy) is 1. The van der Waals surface area contributed by atoms with Crippen molar-refractivity contribution in [3.8, 4) is 5.75 Å². The van der Waals surface area contributed by atoms with Crippen molar-refractivity contribution in [3.05, 3.63) is 42.0 Å². The molecule has 0 aromatic heterocycles. The van der Waals surface area contributed by atoms with Gasteiger partial charge in [-0.15, -0.1) is 0 Å². The van der Waals surface area contributed by atoms with Crippen molar-refractivity contribution in [1.82, 2.24) is 5.32 Å². The third-order valence-corrected chi connectivity index (χ3v) is 4.17. The fourth-order valence-electron chi connectivity index (χ4n) is 2.76. The zero-order valence-electron chi connectivity index (χ0n) is 11.0. The Hall–Kier alpha value is -1.28. The Morgan fingerprint density at radius 3 is 2.72 bits per heavy atom. The maximum Gasteiger partial charge on any atom is 0.119 e. The van der Waals surface area contributed by atoms with E-state index in [0.29, 0.717) is 0 Å². The molecule has 18 heavy (non-hydrogen) atoms. The van der Waals surface area contributed by atoms with Crippen LogP contribution in [0, 0.1) is 0 Å². The third-order valence-electron chi connectivity index (χ3n) is 4.17. The van der Waals surface area contributed by atoms with E-state index in [1.54, 1.807) is 7.11 Å². The van der Waals surface area contributed by atoms with Crippen LogP contribution >= 0.6 is 0 Å². The minimum absolute atomic E-state index is 0.247. The molecule has 1 aromatic carbocycles. The van der Waals surface area contributed by atoms with Crippen LogP contribution in [0.1, 0.15) is 31.2 Å². The number of benzene rings is 1. The van der Waals surface area contributed by atoms with Gasteiger partial charge in [-0.05, 0) is 43.4 Å². The molecule has 2 heteroatoms. The molecule has 0 aliphatic heterocycles. The topological polar surface area (TPSA) is 21.3 Å². The van der Waals surface area contributed by atoms with Gasteiger partial charge in [-0.25, -0.2) is 0 Å². The van der Waals surface area contributed by atoms with Crippen LogP contribution in [-0.4, -0.2) is 19.7 Å². The summed E-state index contributed by atoms with van der Waals surface area (Å²) in [6.45, 7) is 1.08. The largest absolute Gasteiger partial charge is 0.497 e. The standard InChI is InChI=1S/C16H21NO/c1-18-15-6-4-5-13(11-15)16(9-2-3-10-16)12-17-14-7-8-14/h2-6,11,14,17H,7-10,12H2,1H3. The van der Waals surface area contributed by atoms with E-state index < -0.39 is 0 Å². The Balaban J connectivity index is 1.82. The third kappa shape index (κ3) is 2.30. The molecule has 0 unspecified atom stereocenters. The van der Waals surface area contributed by atoms with Gasteiger partial charge < -0.3 is 10.1 Å². The van der Waals surface area contributed by atoms with Crippen LogP contribution in [0.3, 0.4) is 0 Å². The van der Waals surface area contributed by atoms with Gasteiger partial charge in [0.05, 0.1) is 7.11 Å². The molecule has 2 aliphatic carbocycles. The number of hydrogen-bond donors (Lipinski definition) is 1. The van der Waals surface area contributed by atoms with Crippen molar-refractivity contribution in [2.45, 2.75) is 37.1 Å². The minimum Gasteiger partial charge on any atom is -0.497 e. The minimum atomic E-state index is 0.247. The lowest BCUT2D eigenvalue weighted by Crippen LogP contribution is -2.37. The lowest BCUT2D eigenvalue weighted by atomic mass is 9.78. The normalized spacial score (nSPS) is 21.2. The van der Waals surface area contributed by atoms with Gasteiger partial charge in [-0.2, -0.15) is 0 Å². The molecular formula is C16H21NO. The maximum absolute atomic E-state index is 5.36. The summed E-state index contributed by atoms with van der Waals surface area (Å²) in [5.41, 5.74) is 1.65. The number of allylic oxidation sites excluding steroid dienone is 2. The van der Waals surface area contributed by atoms with Crippen LogP contribution in [0.25, 0.3) is 0 Å². The first-order valence-electron chi connectivity index (χ1n) is 6.85. The maximum atomic E-state index is 5.36. The molecule has 2 aliphatic rings. The molecule has 0 amide bonds. The Morgan fingerprint density at radius 1 is 1.28 bits per heavy atom. The fraction of sp³-hybridized carbons (Fsp3) is 0.500. The summed E-state index contributed by atoms with van der Waals surface area (Å²) in [6, 6.07) is 9.33. The van der Waals surface area contributed by atoms with Crippen LogP contribution in [0.2, 0.25) is 0 Å². The summed E-state index contributed by atoms with van der Waals surface area (Å²) in [7, 11) is 1.74. The quantitative estimate of drug-likeness (QED) is 0.803. The molecule has 0 heterocycles. The van der Waals surface area contributed by atoms with Crippen LogP contribution in [0.15, 0.2) is 36.4 Å². The molecule has 1 aromatic rings. The van der Waals surface area contributed by atoms with Crippen LogP contribution in [0.5, 0.6) is 5.75 Å². The summed E-state index contributed by atoms with van der Waals surface area (Å²) >= 11 is 0. The lowest BCUT2D eigenvalue weighted by Gasteiger charge is -2.30. The van der Waals surface area contributed by atoms with Gasteiger partial charge in [0, 0.05) is 18.0 Å². The van der Waals surface area contributed by atoms with Crippen molar-refractivity contribution in [2.75, 3.05) is 13.7 Å². The van der Waals surface area contributed by atoms with Gasteiger partial charge >= 0.3 is 0 Å². The van der Waals surface area contributed by atoms with E-state index in [1.165, 1.54) is 18.4 Å². The van der Waals surface area contributed by atoms with Crippen LogP contribution in [-0.2, 0) is 5.41 Å². The van der Waals surface area contributed by atoms with E-state index in [9.17, 15) is 0 Å². The summed E-state index contributed by atoms with van der Waals surface area (Å²) < 4.78 is 5.36. The zero-order valence-corrected chi connectivity index (χ0v) is 11.0. The number of methoxy groups -OCH3 is 1. The SMILES string of the molecule is COc1cccc(C2(CNC3CC3)CC=CC2)c1. The highest BCUT2D eigenvalue weighted by Gasteiger charge is 2.35. The molecule has 2 nitrogen and oxygen atoms in total. The lowest BCUT2D eigenvalue weighted by molar-refractivity contribution is 0.399. The van der Waals surface area contributed by atoms with Crippen molar-refractivity contribution in [2.24, 2.45) is 0 Å². The average molecular weight is 243 g/mol. The molecule has 0 saturated heterocycles. The van der Waals surface area contributed by atoms with Crippen LogP contribution in [0.4, 0.5) is 0 Å². The first-order valence-corrected chi connectivity index (χ1v) is 6.85. The van der Waals surface area contributed by atoms with Gasteiger partial charge in [0.25, 0.3) is 0 Å². The highest BCUT2D eigenvalue weighted by atomic mass is 16.5. The highest BCUT2D eigenvalue weighted by Crippen LogP contribution is 2.38. The van der Waals surface area contributed by atoms with E-state index in [2.05, 4.69) is 35.7 Å². The monoisotopic (exact) mass is 243 g/mol. The Morgan fingerprint density at radius 2 is 2.06 bits per heavy atom. The molecule has 0 spiro atoms. The van der Waals surface area contributed by atoms with Crippen molar-refractivity contribution >= 4 is 0 Å². The summed E-state index contributed by atoms with van der Waals surface area (Å²) in [5, 5.41) is 3.69. The van der Waals surface area contributed by atoms with Gasteiger partial charge in [0.1, 0.15) is 5.75 Å². The summed E-state index contributed by atoms with van der Waals surface area (Å²) in [4.78, 5) is 0. The highest BCUT2D eigenvalue weighted by molar-refractivity contribution is 5.37. The Bertz CT molecular complexity index is 440. The second-order valence-corrected chi connectivity index (χ2v) is 5.55. The molecule has 3 rings (SSSR count). The van der Waals surface area contributed by atoms with Crippen molar-refractivity contribution in [1.29, 1.82) is 0 Å². The van der Waals surface area contributed by atoms with Crippen molar-refractivity contribution < 1.29 is 4.74 Å². The molecule has 1 saturated carbocycles. The van der Waals surface area contributed by atoms with Crippen LogP contribution < -0.4 is 10.1 Å². The van der Waals surface area contributed by atoms with Gasteiger partial charge in [-0.3, -0.25) is 0 Å². The van der Waals surface area contributed by atoms with Gasteiger partial charge in [-0.1, -0.05) is 24.3 Å². The predicted octanol–water partition coefficient (Wildman–Crippen LogP) is 3.04. The van der Waals surface area contributed by atoms with Crippen molar-refractivity contribution in [3.63, 3.8) is 0 Å². The number of hydrogen-bond acceptors (Lipinski definition) is 2. The molecule has 96 valence electrons. The zero-order chi connectivity index (χ0) is 12.4. The average Bonchev–Trinajstić information content (AvgIpc) is 3.14. The second-order valence-electron chi connectivity index (χ2n) is 5.55.